The Morgan fingerprint density at radius 2 is 2.00 bits per heavy atom. The van der Waals surface area contributed by atoms with Gasteiger partial charge in [0.1, 0.15) is 11.9 Å². The Kier molecular flexibility index (Phi) is 6.62. The zero-order chi connectivity index (χ0) is 18.2. The highest BCUT2D eigenvalue weighted by Crippen LogP contribution is 2.15. The summed E-state index contributed by atoms with van der Waals surface area (Å²) in [5, 5.41) is 23.3. The molecule has 0 spiro atoms. The van der Waals surface area contributed by atoms with Crippen LogP contribution in [-0.2, 0) is 16.0 Å². The minimum atomic E-state index is -0.902. The van der Waals surface area contributed by atoms with Crippen LogP contribution >= 0.6 is 0 Å². The second-order valence-electron chi connectivity index (χ2n) is 5.95. The molecule has 0 bridgehead atoms. The number of amides is 1. The van der Waals surface area contributed by atoms with Crippen LogP contribution in [0.5, 0.6) is 0 Å². The molecule has 0 aliphatic heterocycles. The van der Waals surface area contributed by atoms with Crippen LogP contribution in [0.3, 0.4) is 0 Å². The summed E-state index contributed by atoms with van der Waals surface area (Å²) in [5.41, 5.74) is 0.973. The molecule has 134 valence electrons. The fraction of sp³-hybridized carbons (Fsp3) is 0.471. The SMILES string of the molecule is CCCC(CNC(=O)C(Cc1ccccc1)n1nnnc1C)C(=O)O. The van der Waals surface area contributed by atoms with Gasteiger partial charge in [-0.1, -0.05) is 43.7 Å². The molecule has 1 aromatic heterocycles. The summed E-state index contributed by atoms with van der Waals surface area (Å²) in [6.07, 6.45) is 1.68. The van der Waals surface area contributed by atoms with E-state index in [4.69, 9.17) is 0 Å². The first kappa shape index (κ1) is 18.6. The number of nitrogens with zero attached hydrogens (tertiary/aromatic N) is 4. The van der Waals surface area contributed by atoms with E-state index < -0.39 is 17.9 Å². The number of hydrogen-bond acceptors (Lipinski definition) is 5. The van der Waals surface area contributed by atoms with Gasteiger partial charge >= 0.3 is 5.97 Å². The summed E-state index contributed by atoms with van der Waals surface area (Å²) in [7, 11) is 0. The van der Waals surface area contributed by atoms with Gasteiger partial charge in [-0.2, -0.15) is 0 Å². The Bertz CT molecular complexity index is 701. The number of nitrogens with one attached hydrogen (secondary N) is 1. The number of carboxylic acid groups (broad SMARTS) is 1. The lowest BCUT2D eigenvalue weighted by Gasteiger charge is -2.19. The number of hydrogen-bond donors (Lipinski definition) is 2. The van der Waals surface area contributed by atoms with Gasteiger partial charge in [0.2, 0.25) is 5.91 Å². The fourth-order valence-corrected chi connectivity index (χ4v) is 2.66. The Balaban J connectivity index is 2.13. The van der Waals surface area contributed by atoms with Gasteiger partial charge in [0.15, 0.2) is 0 Å². The Labute approximate surface area is 146 Å². The fourth-order valence-electron chi connectivity index (χ4n) is 2.66. The van der Waals surface area contributed by atoms with Crippen LogP contribution in [0, 0.1) is 12.8 Å². The predicted molar refractivity (Wildman–Crippen MR) is 90.8 cm³/mol. The molecule has 0 saturated carbocycles. The van der Waals surface area contributed by atoms with E-state index >= 15 is 0 Å². The predicted octanol–water partition coefficient (Wildman–Crippen LogP) is 1.38. The van der Waals surface area contributed by atoms with E-state index in [2.05, 4.69) is 20.8 Å². The second kappa shape index (κ2) is 8.91. The molecule has 0 fully saturated rings. The molecule has 2 rings (SSSR count). The molecule has 25 heavy (non-hydrogen) atoms. The van der Waals surface area contributed by atoms with Crippen LogP contribution in [-0.4, -0.2) is 43.7 Å². The maximum Gasteiger partial charge on any atom is 0.308 e. The molecule has 2 N–H and O–H groups in total. The van der Waals surface area contributed by atoms with Crippen LogP contribution in [0.2, 0.25) is 0 Å². The van der Waals surface area contributed by atoms with Crippen LogP contribution in [0.4, 0.5) is 0 Å². The van der Waals surface area contributed by atoms with Gasteiger partial charge in [-0.05, 0) is 29.3 Å². The lowest BCUT2D eigenvalue weighted by atomic mass is 10.0. The van der Waals surface area contributed by atoms with Crippen LogP contribution < -0.4 is 5.32 Å². The number of tetrazole rings is 1. The molecule has 0 aliphatic rings. The molecule has 0 aliphatic carbocycles. The zero-order valence-electron chi connectivity index (χ0n) is 14.4. The summed E-state index contributed by atoms with van der Waals surface area (Å²) in [5.74, 6) is -1.26. The molecule has 1 amide bonds. The van der Waals surface area contributed by atoms with Crippen molar-refractivity contribution in [1.82, 2.24) is 25.5 Å². The maximum atomic E-state index is 12.7. The van der Waals surface area contributed by atoms with E-state index in [1.807, 2.05) is 37.3 Å². The number of benzene rings is 1. The van der Waals surface area contributed by atoms with Gasteiger partial charge in [0.25, 0.3) is 0 Å². The largest absolute Gasteiger partial charge is 0.481 e. The van der Waals surface area contributed by atoms with E-state index in [9.17, 15) is 14.7 Å². The third-order valence-electron chi connectivity index (χ3n) is 4.04. The summed E-state index contributed by atoms with van der Waals surface area (Å²) < 4.78 is 1.47. The van der Waals surface area contributed by atoms with Crippen molar-refractivity contribution >= 4 is 11.9 Å². The number of rotatable bonds is 9. The van der Waals surface area contributed by atoms with Gasteiger partial charge in [-0.25, -0.2) is 4.68 Å². The first-order valence-electron chi connectivity index (χ1n) is 8.31. The average Bonchev–Trinajstić information content (AvgIpc) is 3.02. The van der Waals surface area contributed by atoms with E-state index in [0.29, 0.717) is 18.7 Å². The van der Waals surface area contributed by atoms with Gasteiger partial charge < -0.3 is 10.4 Å². The van der Waals surface area contributed by atoms with Crippen molar-refractivity contribution in [2.24, 2.45) is 5.92 Å². The molecule has 2 atom stereocenters. The van der Waals surface area contributed by atoms with E-state index in [1.54, 1.807) is 6.92 Å². The van der Waals surface area contributed by atoms with Crippen molar-refractivity contribution in [2.75, 3.05) is 6.54 Å². The highest BCUT2D eigenvalue weighted by Gasteiger charge is 2.26. The Hall–Kier alpha value is -2.77. The zero-order valence-corrected chi connectivity index (χ0v) is 14.4. The lowest BCUT2D eigenvalue weighted by molar-refractivity contribution is -0.142. The van der Waals surface area contributed by atoms with Crippen molar-refractivity contribution in [3.63, 3.8) is 0 Å². The summed E-state index contributed by atoms with van der Waals surface area (Å²) >= 11 is 0. The van der Waals surface area contributed by atoms with E-state index in [-0.39, 0.29) is 12.5 Å². The van der Waals surface area contributed by atoms with E-state index in [0.717, 1.165) is 12.0 Å². The number of aromatic nitrogens is 4. The van der Waals surface area contributed by atoms with Crippen molar-refractivity contribution in [3.8, 4) is 0 Å². The van der Waals surface area contributed by atoms with Crippen molar-refractivity contribution in [1.29, 1.82) is 0 Å². The topological polar surface area (TPSA) is 110 Å². The molecule has 8 nitrogen and oxygen atoms in total. The highest BCUT2D eigenvalue weighted by molar-refractivity contribution is 5.81. The molecule has 8 heteroatoms. The highest BCUT2D eigenvalue weighted by atomic mass is 16.4. The maximum absolute atomic E-state index is 12.7. The summed E-state index contributed by atoms with van der Waals surface area (Å²) in [4.78, 5) is 24.0. The number of carbonyl (C=O) groups excluding carboxylic acids is 1. The number of aryl methyl sites for hydroxylation is 1. The van der Waals surface area contributed by atoms with Gasteiger partial charge in [0, 0.05) is 13.0 Å². The normalized spacial score (nSPS) is 13.2. The van der Waals surface area contributed by atoms with Crippen molar-refractivity contribution < 1.29 is 14.7 Å². The second-order valence-corrected chi connectivity index (χ2v) is 5.95. The standard InChI is InChI=1S/C17H23N5O3/c1-3-7-14(17(24)25)11-18-16(23)15(22-12(2)19-20-21-22)10-13-8-5-4-6-9-13/h4-6,8-9,14-15H,3,7,10-11H2,1-2H3,(H,18,23)(H,24,25). The van der Waals surface area contributed by atoms with E-state index in [1.165, 1.54) is 4.68 Å². The Morgan fingerprint density at radius 1 is 1.28 bits per heavy atom. The van der Waals surface area contributed by atoms with Crippen molar-refractivity contribution in [3.05, 3.63) is 41.7 Å². The Morgan fingerprint density at radius 3 is 2.56 bits per heavy atom. The minimum absolute atomic E-state index is 0.0917. The molecule has 2 aromatic rings. The average molecular weight is 345 g/mol. The monoisotopic (exact) mass is 345 g/mol. The summed E-state index contributed by atoms with van der Waals surface area (Å²) in [6.45, 7) is 3.73. The van der Waals surface area contributed by atoms with Gasteiger partial charge in [0.05, 0.1) is 5.92 Å². The quantitative estimate of drug-likeness (QED) is 0.710. The number of carbonyl (C=O) groups is 2. The molecular weight excluding hydrogens is 322 g/mol. The summed E-state index contributed by atoms with van der Waals surface area (Å²) in [6, 6.07) is 8.93. The third-order valence-corrected chi connectivity index (χ3v) is 4.04. The van der Waals surface area contributed by atoms with Gasteiger partial charge in [-0.3, -0.25) is 9.59 Å². The first-order valence-corrected chi connectivity index (χ1v) is 8.31. The van der Waals surface area contributed by atoms with Crippen LogP contribution in [0.15, 0.2) is 30.3 Å². The minimum Gasteiger partial charge on any atom is -0.481 e. The molecule has 2 unspecified atom stereocenters. The molecule has 1 heterocycles. The number of aliphatic carboxylic acids is 1. The molecule has 0 saturated heterocycles. The van der Waals surface area contributed by atoms with Crippen LogP contribution in [0.25, 0.3) is 0 Å². The smallest absolute Gasteiger partial charge is 0.308 e. The van der Waals surface area contributed by atoms with Crippen LogP contribution in [0.1, 0.15) is 37.2 Å². The third kappa shape index (κ3) is 5.10. The molecular formula is C17H23N5O3. The molecule has 0 radical (unpaired) electrons. The van der Waals surface area contributed by atoms with Gasteiger partial charge in [-0.15, -0.1) is 5.10 Å². The number of carboxylic acids is 1. The molecule has 1 aromatic carbocycles. The first-order chi connectivity index (χ1) is 12.0. The lowest BCUT2D eigenvalue weighted by Crippen LogP contribution is -2.39. The van der Waals surface area contributed by atoms with Crippen molar-refractivity contribution in [2.45, 2.75) is 39.2 Å².